The Morgan fingerprint density at radius 1 is 0.667 bits per heavy atom. The van der Waals surface area contributed by atoms with Crippen LogP contribution in [0.2, 0.25) is 0 Å². The molecule has 0 saturated heterocycles. The summed E-state index contributed by atoms with van der Waals surface area (Å²) < 4.78 is 71.7. The first-order valence-corrected chi connectivity index (χ1v) is 15.6. The van der Waals surface area contributed by atoms with Gasteiger partial charge in [-0.1, -0.05) is 0 Å². The number of rotatable bonds is 17. The van der Waals surface area contributed by atoms with Gasteiger partial charge in [-0.25, -0.2) is 13.2 Å². The van der Waals surface area contributed by atoms with E-state index in [0.717, 1.165) is 0 Å². The fourth-order valence-corrected chi connectivity index (χ4v) is 5.64. The van der Waals surface area contributed by atoms with Crippen molar-refractivity contribution in [2.24, 2.45) is 14.1 Å². The molecule has 0 aliphatic rings. The number of imidazole rings is 1. The summed E-state index contributed by atoms with van der Waals surface area (Å²) >= 11 is 0. The Bertz CT molecular complexity index is 1750. The Hall–Kier alpha value is -4.40. The molecule has 4 rings (SSSR count). The number of nitrogens with one attached hydrogen (secondary N) is 1. The van der Waals surface area contributed by atoms with Gasteiger partial charge < -0.3 is 33.2 Å². The molecule has 0 radical (unpaired) electrons. The molecule has 14 heteroatoms. The number of hydrogen-bond donors (Lipinski definition) is 1. The lowest BCUT2D eigenvalue weighted by molar-refractivity contribution is 0.169. The minimum Gasteiger partial charge on any atom is -0.493 e. The molecule has 3 aromatic carbocycles. The van der Waals surface area contributed by atoms with E-state index in [2.05, 4.69) is 4.72 Å². The van der Waals surface area contributed by atoms with E-state index in [-0.39, 0.29) is 27.8 Å². The number of aryl methyl sites for hydroxylation is 2. The topological polar surface area (TPSA) is 138 Å². The summed E-state index contributed by atoms with van der Waals surface area (Å²) in [7, 11) is 5.20. The van der Waals surface area contributed by atoms with Gasteiger partial charge in [-0.15, -0.1) is 0 Å². The highest BCUT2D eigenvalue weighted by Gasteiger charge is 2.22. The molecular weight excluding hydrogens is 606 g/mol. The molecule has 13 nitrogen and oxygen atoms in total. The highest BCUT2D eigenvalue weighted by Crippen LogP contribution is 2.38. The van der Waals surface area contributed by atoms with Crippen LogP contribution in [0.5, 0.6) is 34.5 Å². The van der Waals surface area contributed by atoms with Crippen LogP contribution in [-0.4, -0.2) is 72.4 Å². The average molecular weight is 646 g/mol. The Labute approximate surface area is 262 Å². The van der Waals surface area contributed by atoms with Crippen molar-refractivity contribution in [2.75, 3.05) is 59.6 Å². The molecule has 0 bridgehead atoms. The van der Waals surface area contributed by atoms with Gasteiger partial charge in [0, 0.05) is 84.7 Å². The molecule has 4 aromatic rings. The normalized spacial score (nSPS) is 11.4. The average Bonchev–Trinajstić information content (AvgIpc) is 3.23. The van der Waals surface area contributed by atoms with E-state index in [9.17, 15) is 13.2 Å². The Kier molecular flexibility index (Phi) is 11.2. The summed E-state index contributed by atoms with van der Waals surface area (Å²) in [5.41, 5.74) is 0.855. The van der Waals surface area contributed by atoms with Gasteiger partial charge in [0.1, 0.15) is 17.2 Å². The standard InChI is InChI=1S/C31H39N3O10S/c1-33-26-19-25(32-45(36,37)24-9-10-28(40-5)30(18-24)41-6)29(20-27(26)34(2)31(33)35)44-23-16-21(42-13-7-11-38-3)15-22(17-23)43-14-8-12-39-4/h9-10,15-20,32H,7-8,11-14H2,1-6H3. The number of fused-ring (bicyclic) bond motifs is 1. The maximum atomic E-state index is 13.6. The minimum absolute atomic E-state index is 0.0636. The summed E-state index contributed by atoms with van der Waals surface area (Å²) in [6, 6.07) is 12.5. The lowest BCUT2D eigenvalue weighted by Crippen LogP contribution is -2.19. The van der Waals surface area contributed by atoms with Crippen LogP contribution in [0.1, 0.15) is 12.8 Å². The maximum Gasteiger partial charge on any atom is 0.328 e. The summed E-state index contributed by atoms with van der Waals surface area (Å²) in [4.78, 5) is 12.7. The van der Waals surface area contributed by atoms with Crippen LogP contribution in [0.25, 0.3) is 11.0 Å². The van der Waals surface area contributed by atoms with Crippen LogP contribution in [0.3, 0.4) is 0 Å². The number of ether oxygens (including phenoxy) is 7. The predicted molar refractivity (Wildman–Crippen MR) is 169 cm³/mol. The zero-order valence-corrected chi connectivity index (χ0v) is 27.1. The van der Waals surface area contributed by atoms with Crippen molar-refractivity contribution in [3.8, 4) is 34.5 Å². The Morgan fingerprint density at radius 3 is 1.78 bits per heavy atom. The largest absolute Gasteiger partial charge is 0.493 e. The second-order valence-corrected chi connectivity index (χ2v) is 11.7. The third-order valence-corrected chi connectivity index (χ3v) is 8.25. The van der Waals surface area contributed by atoms with Crippen LogP contribution >= 0.6 is 0 Å². The van der Waals surface area contributed by atoms with E-state index >= 15 is 0 Å². The molecule has 1 aromatic heterocycles. The lowest BCUT2D eigenvalue weighted by Gasteiger charge is -2.17. The zero-order valence-electron chi connectivity index (χ0n) is 26.2. The van der Waals surface area contributed by atoms with Gasteiger partial charge in [0.2, 0.25) is 0 Å². The first-order valence-electron chi connectivity index (χ1n) is 14.1. The van der Waals surface area contributed by atoms with Crippen LogP contribution in [0.4, 0.5) is 5.69 Å². The quantitative estimate of drug-likeness (QED) is 0.165. The second-order valence-electron chi connectivity index (χ2n) is 9.99. The number of hydrogen-bond acceptors (Lipinski definition) is 10. The first-order chi connectivity index (χ1) is 21.6. The van der Waals surface area contributed by atoms with Crippen molar-refractivity contribution in [1.82, 2.24) is 9.13 Å². The third kappa shape index (κ3) is 8.01. The first kappa shape index (κ1) is 33.5. The number of aromatic nitrogens is 2. The smallest absolute Gasteiger partial charge is 0.328 e. The number of nitrogens with zero attached hydrogens (tertiary/aromatic N) is 2. The van der Waals surface area contributed by atoms with E-state index in [1.807, 2.05) is 0 Å². The van der Waals surface area contributed by atoms with Gasteiger partial charge >= 0.3 is 5.69 Å². The molecule has 244 valence electrons. The molecule has 0 aliphatic carbocycles. The van der Waals surface area contributed by atoms with Crippen molar-refractivity contribution in [3.63, 3.8) is 0 Å². The van der Waals surface area contributed by atoms with Crippen LogP contribution in [0, 0.1) is 0 Å². The van der Waals surface area contributed by atoms with Crippen molar-refractivity contribution < 1.29 is 41.6 Å². The Morgan fingerprint density at radius 2 is 1.22 bits per heavy atom. The van der Waals surface area contributed by atoms with Crippen LogP contribution in [0.15, 0.2) is 58.2 Å². The highest BCUT2D eigenvalue weighted by atomic mass is 32.2. The molecule has 0 atom stereocenters. The molecule has 0 aliphatic heterocycles. The monoisotopic (exact) mass is 645 g/mol. The SMILES string of the molecule is COCCCOc1cc(OCCCOC)cc(Oc2cc3c(cc2NS(=O)(=O)c2ccc(OC)c(OC)c2)n(C)c(=O)n3C)c1. The molecule has 0 fully saturated rings. The van der Waals surface area contributed by atoms with Gasteiger partial charge in [-0.2, -0.15) is 0 Å². The molecule has 0 spiro atoms. The number of anilines is 1. The molecule has 45 heavy (non-hydrogen) atoms. The van der Waals surface area contributed by atoms with Gasteiger partial charge in [0.15, 0.2) is 17.2 Å². The van der Waals surface area contributed by atoms with E-state index < -0.39 is 10.0 Å². The lowest BCUT2D eigenvalue weighted by atomic mass is 10.2. The molecule has 1 heterocycles. The van der Waals surface area contributed by atoms with Crippen LogP contribution in [-0.2, 0) is 33.6 Å². The molecule has 1 N–H and O–H groups in total. The third-order valence-electron chi connectivity index (χ3n) is 6.89. The molecule has 0 unspecified atom stereocenters. The minimum atomic E-state index is -4.15. The van der Waals surface area contributed by atoms with E-state index in [1.165, 1.54) is 41.6 Å². The molecular formula is C31H39N3O10S. The number of benzene rings is 3. The van der Waals surface area contributed by atoms with Gasteiger partial charge in [0.25, 0.3) is 10.0 Å². The van der Waals surface area contributed by atoms with Crippen molar-refractivity contribution in [1.29, 1.82) is 0 Å². The summed E-state index contributed by atoms with van der Waals surface area (Å²) in [5.74, 6) is 2.09. The summed E-state index contributed by atoms with van der Waals surface area (Å²) in [6.45, 7) is 1.87. The van der Waals surface area contributed by atoms with E-state index in [0.29, 0.717) is 73.3 Å². The van der Waals surface area contributed by atoms with Crippen molar-refractivity contribution in [3.05, 3.63) is 59.0 Å². The fourth-order valence-electron chi connectivity index (χ4n) is 4.56. The molecule has 0 saturated carbocycles. The van der Waals surface area contributed by atoms with Gasteiger partial charge in [-0.3, -0.25) is 13.9 Å². The van der Waals surface area contributed by atoms with Gasteiger partial charge in [-0.05, 0) is 18.2 Å². The van der Waals surface area contributed by atoms with E-state index in [4.69, 9.17) is 33.2 Å². The zero-order chi connectivity index (χ0) is 32.6. The maximum absolute atomic E-state index is 13.6. The van der Waals surface area contributed by atoms with Gasteiger partial charge in [0.05, 0.1) is 49.0 Å². The number of methoxy groups -OCH3 is 4. The second kappa shape index (κ2) is 15.1. The van der Waals surface area contributed by atoms with Crippen molar-refractivity contribution >= 4 is 26.7 Å². The summed E-state index contributed by atoms with van der Waals surface area (Å²) in [5, 5.41) is 0. The van der Waals surface area contributed by atoms with E-state index in [1.54, 1.807) is 58.6 Å². The summed E-state index contributed by atoms with van der Waals surface area (Å²) in [6.07, 6.45) is 1.35. The number of sulfonamides is 1. The Balaban J connectivity index is 1.76. The van der Waals surface area contributed by atoms with Crippen molar-refractivity contribution in [2.45, 2.75) is 17.7 Å². The van der Waals surface area contributed by atoms with Crippen LogP contribution < -0.4 is 34.1 Å². The highest BCUT2D eigenvalue weighted by molar-refractivity contribution is 7.92. The predicted octanol–water partition coefficient (Wildman–Crippen LogP) is 4.32. The molecule has 0 amide bonds. The fraction of sp³-hybridized carbons (Fsp3) is 0.387.